The van der Waals surface area contributed by atoms with Crippen molar-refractivity contribution in [2.24, 2.45) is 0 Å². The summed E-state index contributed by atoms with van der Waals surface area (Å²) in [6, 6.07) is 9.26. The van der Waals surface area contributed by atoms with Crippen molar-refractivity contribution in [3.8, 4) is 5.75 Å². The number of hydrogen-bond acceptors (Lipinski definition) is 4. The molecule has 122 valence electrons. The van der Waals surface area contributed by atoms with Gasteiger partial charge in [0.2, 0.25) is 0 Å². The van der Waals surface area contributed by atoms with Crippen LogP contribution < -0.4 is 10.1 Å². The Morgan fingerprint density at radius 3 is 2.57 bits per heavy atom. The van der Waals surface area contributed by atoms with Crippen LogP contribution in [0, 0.1) is 0 Å². The molecule has 4 nitrogen and oxygen atoms in total. The molecule has 0 spiro atoms. The van der Waals surface area contributed by atoms with Crippen LogP contribution in [-0.2, 0) is 0 Å². The van der Waals surface area contributed by atoms with Crippen LogP contribution in [0.4, 0.5) is 8.78 Å². The molecule has 2 rings (SSSR count). The first-order chi connectivity index (χ1) is 11.0. The van der Waals surface area contributed by atoms with Crippen molar-refractivity contribution in [1.82, 2.24) is 10.3 Å². The summed E-state index contributed by atoms with van der Waals surface area (Å²) < 4.78 is 28.5. The first-order valence-electron chi connectivity index (χ1n) is 6.85. The second-order valence-corrected chi connectivity index (χ2v) is 5.56. The monoisotopic (exact) mass is 338 g/mol. The Hall–Kier alpha value is -2.15. The fourth-order valence-electron chi connectivity index (χ4n) is 1.96. The smallest absolute Gasteiger partial charge is 0.387 e. The average molecular weight is 338 g/mol. The van der Waals surface area contributed by atoms with Crippen molar-refractivity contribution in [2.45, 2.75) is 24.6 Å². The third-order valence-electron chi connectivity index (χ3n) is 3.16. The Morgan fingerprint density at radius 2 is 1.96 bits per heavy atom. The number of nitrogens with one attached hydrogen (secondary N) is 1. The predicted molar refractivity (Wildman–Crippen MR) is 85.0 cm³/mol. The number of nitrogens with zero attached hydrogens (tertiary/aromatic N) is 1. The molecule has 1 aromatic carbocycles. The number of rotatable bonds is 6. The van der Waals surface area contributed by atoms with E-state index in [1.165, 1.54) is 23.9 Å². The van der Waals surface area contributed by atoms with Crippen molar-refractivity contribution in [3.63, 3.8) is 0 Å². The predicted octanol–water partition coefficient (Wildman–Crippen LogP) is 3.90. The molecule has 23 heavy (non-hydrogen) atoms. The molecule has 0 aliphatic rings. The molecule has 1 heterocycles. The number of carbonyl (C=O) groups excluding carboxylic acids is 1. The lowest BCUT2D eigenvalue weighted by Gasteiger charge is -2.15. The molecule has 0 fully saturated rings. The number of thioether (sulfide) groups is 1. The maximum atomic E-state index is 12.2. The molecule has 0 radical (unpaired) electrons. The van der Waals surface area contributed by atoms with E-state index in [1.807, 2.05) is 13.2 Å². The topological polar surface area (TPSA) is 51.2 Å². The molecule has 1 amide bonds. The number of benzene rings is 1. The highest BCUT2D eigenvalue weighted by Gasteiger charge is 2.13. The van der Waals surface area contributed by atoms with Crippen LogP contribution in [-0.4, -0.2) is 23.8 Å². The molecule has 0 saturated carbocycles. The van der Waals surface area contributed by atoms with Gasteiger partial charge in [-0.3, -0.25) is 4.79 Å². The maximum absolute atomic E-state index is 12.2. The number of ether oxygens (including phenoxy) is 1. The van der Waals surface area contributed by atoms with Crippen LogP contribution in [0.1, 0.15) is 28.9 Å². The standard InChI is InChI=1S/C16H16F2N2O2S/c1-10(11-3-5-13(6-4-11)22-16(17)18)20-15(21)12-7-8-19-14(9-12)23-2/h3-10,16H,1-2H3,(H,20,21). The van der Waals surface area contributed by atoms with Gasteiger partial charge in [0.05, 0.1) is 11.1 Å². The third-order valence-corrected chi connectivity index (χ3v) is 3.80. The van der Waals surface area contributed by atoms with Crippen molar-refractivity contribution in [2.75, 3.05) is 6.26 Å². The second-order valence-electron chi connectivity index (χ2n) is 4.73. The van der Waals surface area contributed by atoms with E-state index in [4.69, 9.17) is 0 Å². The summed E-state index contributed by atoms with van der Waals surface area (Å²) in [7, 11) is 0. The number of aromatic nitrogens is 1. The van der Waals surface area contributed by atoms with Crippen LogP contribution in [0.15, 0.2) is 47.6 Å². The minimum Gasteiger partial charge on any atom is -0.435 e. The molecule has 2 aromatic rings. The highest BCUT2D eigenvalue weighted by molar-refractivity contribution is 7.98. The van der Waals surface area contributed by atoms with Gasteiger partial charge in [-0.1, -0.05) is 12.1 Å². The van der Waals surface area contributed by atoms with Crippen molar-refractivity contribution in [1.29, 1.82) is 0 Å². The molecule has 1 unspecified atom stereocenters. The van der Waals surface area contributed by atoms with E-state index in [1.54, 1.807) is 30.5 Å². The quantitative estimate of drug-likeness (QED) is 0.812. The van der Waals surface area contributed by atoms with Gasteiger partial charge < -0.3 is 10.1 Å². The minimum absolute atomic E-state index is 0.0843. The van der Waals surface area contributed by atoms with E-state index in [0.29, 0.717) is 5.56 Å². The molecule has 0 bridgehead atoms. The summed E-state index contributed by atoms with van der Waals surface area (Å²) in [6.45, 7) is -1.03. The zero-order chi connectivity index (χ0) is 16.8. The normalized spacial score (nSPS) is 12.0. The van der Waals surface area contributed by atoms with Gasteiger partial charge in [0.25, 0.3) is 5.91 Å². The molecular weight excluding hydrogens is 322 g/mol. The van der Waals surface area contributed by atoms with Crippen LogP contribution in [0.3, 0.4) is 0 Å². The Morgan fingerprint density at radius 1 is 1.26 bits per heavy atom. The van der Waals surface area contributed by atoms with Gasteiger partial charge in [0, 0.05) is 11.8 Å². The average Bonchev–Trinajstić information content (AvgIpc) is 2.55. The molecule has 1 aromatic heterocycles. The number of amides is 1. The molecule has 0 saturated heterocycles. The summed E-state index contributed by atoms with van der Waals surface area (Å²) in [5.74, 6) is -0.135. The second kappa shape index (κ2) is 7.92. The van der Waals surface area contributed by atoms with Crippen LogP contribution in [0.5, 0.6) is 5.75 Å². The number of halogens is 2. The molecule has 1 atom stereocenters. The third kappa shape index (κ3) is 4.92. The van der Waals surface area contributed by atoms with Crippen molar-refractivity contribution >= 4 is 17.7 Å². The Bertz CT molecular complexity index is 665. The van der Waals surface area contributed by atoms with Gasteiger partial charge >= 0.3 is 6.61 Å². The minimum atomic E-state index is -2.85. The fourth-order valence-corrected chi connectivity index (χ4v) is 2.37. The van der Waals surface area contributed by atoms with E-state index in [2.05, 4.69) is 15.0 Å². The van der Waals surface area contributed by atoms with Crippen LogP contribution in [0.25, 0.3) is 0 Å². The van der Waals surface area contributed by atoms with E-state index in [9.17, 15) is 13.6 Å². The van der Waals surface area contributed by atoms with Crippen LogP contribution in [0.2, 0.25) is 0 Å². The van der Waals surface area contributed by atoms with Gasteiger partial charge in [0.1, 0.15) is 5.75 Å². The van der Waals surface area contributed by atoms with Gasteiger partial charge in [-0.25, -0.2) is 4.98 Å². The Labute approximate surface area is 137 Å². The lowest BCUT2D eigenvalue weighted by Crippen LogP contribution is -2.26. The molecular formula is C16H16F2N2O2S. The van der Waals surface area contributed by atoms with Gasteiger partial charge in [0.15, 0.2) is 0 Å². The first kappa shape index (κ1) is 17.2. The lowest BCUT2D eigenvalue weighted by molar-refractivity contribution is -0.0498. The molecule has 0 aliphatic carbocycles. The van der Waals surface area contributed by atoms with Gasteiger partial charge in [-0.05, 0) is 43.0 Å². The molecule has 1 N–H and O–H groups in total. The van der Waals surface area contributed by atoms with Crippen LogP contribution >= 0.6 is 11.8 Å². The summed E-state index contributed by atoms with van der Waals surface area (Å²) in [5, 5.41) is 3.62. The number of alkyl halides is 2. The molecule has 7 heteroatoms. The van der Waals surface area contributed by atoms with Crippen molar-refractivity contribution in [3.05, 3.63) is 53.7 Å². The fraction of sp³-hybridized carbons (Fsp3) is 0.250. The highest BCUT2D eigenvalue weighted by Crippen LogP contribution is 2.20. The summed E-state index contributed by atoms with van der Waals surface area (Å²) >= 11 is 1.46. The van der Waals surface area contributed by atoms with E-state index in [0.717, 1.165) is 10.6 Å². The Balaban J connectivity index is 2.02. The lowest BCUT2D eigenvalue weighted by atomic mass is 10.1. The molecule has 0 aliphatic heterocycles. The largest absolute Gasteiger partial charge is 0.435 e. The maximum Gasteiger partial charge on any atom is 0.387 e. The van der Waals surface area contributed by atoms with Crippen molar-refractivity contribution < 1.29 is 18.3 Å². The zero-order valence-corrected chi connectivity index (χ0v) is 13.4. The van der Waals surface area contributed by atoms with E-state index >= 15 is 0 Å². The number of pyridine rings is 1. The van der Waals surface area contributed by atoms with Gasteiger partial charge in [-0.15, -0.1) is 11.8 Å². The summed E-state index contributed by atoms with van der Waals surface area (Å²) in [6.07, 6.45) is 3.47. The van der Waals surface area contributed by atoms with E-state index < -0.39 is 6.61 Å². The number of hydrogen-bond donors (Lipinski definition) is 1. The summed E-state index contributed by atoms with van der Waals surface area (Å²) in [4.78, 5) is 16.4. The van der Waals surface area contributed by atoms with Gasteiger partial charge in [-0.2, -0.15) is 8.78 Å². The SMILES string of the molecule is CSc1cc(C(=O)NC(C)c2ccc(OC(F)F)cc2)ccn1. The highest BCUT2D eigenvalue weighted by atomic mass is 32.2. The Kier molecular flexibility index (Phi) is 5.92. The summed E-state index contributed by atoms with van der Waals surface area (Å²) in [5.41, 5.74) is 1.31. The van der Waals surface area contributed by atoms with E-state index in [-0.39, 0.29) is 17.7 Å². The number of carbonyl (C=O) groups is 1. The first-order valence-corrected chi connectivity index (χ1v) is 8.07. The zero-order valence-electron chi connectivity index (χ0n) is 12.6.